The maximum Gasteiger partial charge on any atom is 0.0221 e. The Labute approximate surface area is 50.0 Å². The second-order valence-corrected chi connectivity index (χ2v) is 2.38. The van der Waals surface area contributed by atoms with Gasteiger partial charge in [-0.1, -0.05) is 13.0 Å². The SMILES string of the molecule is [CH2]CC(C=C)SC. The highest BCUT2D eigenvalue weighted by Crippen LogP contribution is 2.09. The van der Waals surface area contributed by atoms with Gasteiger partial charge >= 0.3 is 0 Å². The molecule has 0 saturated heterocycles. The Balaban J connectivity index is 3.16. The second-order valence-electron chi connectivity index (χ2n) is 1.30. The molecule has 7 heavy (non-hydrogen) atoms. The summed E-state index contributed by atoms with van der Waals surface area (Å²) in [6.45, 7) is 7.38. The van der Waals surface area contributed by atoms with Crippen LogP contribution in [0.2, 0.25) is 0 Å². The Morgan fingerprint density at radius 2 is 2.43 bits per heavy atom. The molecule has 0 N–H and O–H groups in total. The Morgan fingerprint density at radius 3 is 2.43 bits per heavy atom. The number of rotatable bonds is 3. The van der Waals surface area contributed by atoms with Crippen molar-refractivity contribution in [2.75, 3.05) is 6.26 Å². The van der Waals surface area contributed by atoms with Gasteiger partial charge in [0.2, 0.25) is 0 Å². The van der Waals surface area contributed by atoms with E-state index in [1.807, 2.05) is 6.08 Å². The molecule has 0 rings (SSSR count). The lowest BCUT2D eigenvalue weighted by Gasteiger charge is -2.01. The molecule has 0 aromatic carbocycles. The molecule has 1 heteroatoms. The average molecular weight is 115 g/mol. The van der Waals surface area contributed by atoms with Crippen LogP contribution in [0.5, 0.6) is 0 Å². The molecule has 0 aromatic rings. The van der Waals surface area contributed by atoms with Crippen LogP contribution in [0.25, 0.3) is 0 Å². The average Bonchev–Trinajstić information content (AvgIpc) is 1.72. The van der Waals surface area contributed by atoms with Crippen molar-refractivity contribution in [1.29, 1.82) is 0 Å². The van der Waals surface area contributed by atoms with Gasteiger partial charge in [0.25, 0.3) is 0 Å². The third kappa shape index (κ3) is 2.75. The summed E-state index contributed by atoms with van der Waals surface area (Å²) in [5, 5.41) is 0.556. The normalized spacial score (nSPS) is 13.4. The molecular weight excluding hydrogens is 104 g/mol. The van der Waals surface area contributed by atoms with Crippen LogP contribution in [0.3, 0.4) is 0 Å². The highest BCUT2D eigenvalue weighted by Gasteiger charge is 1.92. The van der Waals surface area contributed by atoms with E-state index in [1.165, 1.54) is 0 Å². The Kier molecular flexibility index (Phi) is 4.31. The summed E-state index contributed by atoms with van der Waals surface area (Å²) in [7, 11) is 0. The molecule has 0 aliphatic carbocycles. The summed E-state index contributed by atoms with van der Waals surface area (Å²) < 4.78 is 0. The van der Waals surface area contributed by atoms with Gasteiger partial charge in [-0.15, -0.1) is 6.58 Å². The van der Waals surface area contributed by atoms with Crippen LogP contribution in [-0.2, 0) is 0 Å². The van der Waals surface area contributed by atoms with Crippen molar-refractivity contribution < 1.29 is 0 Å². The second kappa shape index (κ2) is 4.25. The summed E-state index contributed by atoms with van der Waals surface area (Å²) in [6.07, 6.45) is 4.94. The van der Waals surface area contributed by atoms with Crippen molar-refractivity contribution in [3.05, 3.63) is 19.6 Å². The topological polar surface area (TPSA) is 0 Å². The molecule has 0 aliphatic heterocycles. The van der Waals surface area contributed by atoms with E-state index in [0.717, 1.165) is 6.42 Å². The van der Waals surface area contributed by atoms with Gasteiger partial charge in [-0.3, -0.25) is 0 Å². The lowest BCUT2D eigenvalue weighted by Crippen LogP contribution is -1.91. The third-order valence-corrected chi connectivity index (χ3v) is 1.88. The predicted octanol–water partition coefficient (Wildman–Crippen LogP) is 2.13. The zero-order valence-electron chi connectivity index (χ0n) is 4.68. The monoisotopic (exact) mass is 115 g/mol. The van der Waals surface area contributed by atoms with Gasteiger partial charge in [-0.25, -0.2) is 0 Å². The zero-order valence-corrected chi connectivity index (χ0v) is 5.50. The Morgan fingerprint density at radius 1 is 1.86 bits per heavy atom. The van der Waals surface area contributed by atoms with Gasteiger partial charge < -0.3 is 0 Å². The number of thioether (sulfide) groups is 1. The highest BCUT2D eigenvalue weighted by molar-refractivity contribution is 7.99. The maximum atomic E-state index is 3.74. The minimum atomic E-state index is 0.556. The van der Waals surface area contributed by atoms with E-state index in [2.05, 4.69) is 19.8 Å². The first-order chi connectivity index (χ1) is 3.35. The van der Waals surface area contributed by atoms with Gasteiger partial charge in [0.1, 0.15) is 0 Å². The van der Waals surface area contributed by atoms with Crippen LogP contribution in [0.1, 0.15) is 6.42 Å². The molecule has 1 radical (unpaired) electrons. The van der Waals surface area contributed by atoms with E-state index in [-0.39, 0.29) is 0 Å². The first-order valence-electron chi connectivity index (χ1n) is 2.29. The van der Waals surface area contributed by atoms with Crippen molar-refractivity contribution >= 4 is 11.8 Å². The van der Waals surface area contributed by atoms with Crippen LogP contribution >= 0.6 is 11.8 Å². The van der Waals surface area contributed by atoms with Crippen molar-refractivity contribution in [2.45, 2.75) is 11.7 Å². The first-order valence-corrected chi connectivity index (χ1v) is 3.58. The molecule has 1 unspecified atom stereocenters. The van der Waals surface area contributed by atoms with Gasteiger partial charge in [0.15, 0.2) is 0 Å². The van der Waals surface area contributed by atoms with Gasteiger partial charge in [-0.2, -0.15) is 11.8 Å². The first kappa shape index (κ1) is 7.09. The van der Waals surface area contributed by atoms with Crippen LogP contribution in [0.15, 0.2) is 12.7 Å². The van der Waals surface area contributed by atoms with Crippen molar-refractivity contribution in [3.8, 4) is 0 Å². The lowest BCUT2D eigenvalue weighted by atomic mass is 10.3. The summed E-state index contributed by atoms with van der Waals surface area (Å²) in [6, 6.07) is 0. The third-order valence-electron chi connectivity index (χ3n) is 0.850. The largest absolute Gasteiger partial charge is 0.158 e. The molecule has 0 amide bonds. The minimum absolute atomic E-state index is 0.556. The molecule has 41 valence electrons. The fourth-order valence-corrected chi connectivity index (χ4v) is 0.760. The van der Waals surface area contributed by atoms with Gasteiger partial charge in [-0.05, 0) is 12.7 Å². The summed E-state index contributed by atoms with van der Waals surface area (Å²) >= 11 is 1.79. The summed E-state index contributed by atoms with van der Waals surface area (Å²) in [5.74, 6) is 0. The summed E-state index contributed by atoms with van der Waals surface area (Å²) in [5.41, 5.74) is 0. The van der Waals surface area contributed by atoms with Gasteiger partial charge in [0, 0.05) is 5.25 Å². The number of hydrogen-bond donors (Lipinski definition) is 0. The van der Waals surface area contributed by atoms with Crippen molar-refractivity contribution in [1.82, 2.24) is 0 Å². The van der Waals surface area contributed by atoms with E-state index in [4.69, 9.17) is 0 Å². The molecule has 0 nitrogen and oxygen atoms in total. The molecule has 0 fully saturated rings. The van der Waals surface area contributed by atoms with Gasteiger partial charge in [0.05, 0.1) is 0 Å². The fraction of sp³-hybridized carbons (Fsp3) is 0.500. The Bertz CT molecular complexity index is 46.1. The quantitative estimate of drug-likeness (QED) is 0.508. The van der Waals surface area contributed by atoms with E-state index >= 15 is 0 Å². The minimum Gasteiger partial charge on any atom is -0.158 e. The van der Waals surface area contributed by atoms with Crippen LogP contribution in [-0.4, -0.2) is 11.5 Å². The molecule has 0 aliphatic rings. The van der Waals surface area contributed by atoms with E-state index in [0.29, 0.717) is 5.25 Å². The maximum absolute atomic E-state index is 3.74. The van der Waals surface area contributed by atoms with E-state index in [9.17, 15) is 0 Å². The number of hydrogen-bond acceptors (Lipinski definition) is 1. The van der Waals surface area contributed by atoms with Crippen molar-refractivity contribution in [3.63, 3.8) is 0 Å². The van der Waals surface area contributed by atoms with Crippen LogP contribution in [0.4, 0.5) is 0 Å². The lowest BCUT2D eigenvalue weighted by molar-refractivity contribution is 1.08. The fourth-order valence-electron chi connectivity index (χ4n) is 0.332. The smallest absolute Gasteiger partial charge is 0.0221 e. The zero-order chi connectivity index (χ0) is 5.70. The standard InChI is InChI=1S/C6H11S/c1-4-6(5-2)7-3/h4,6H,1-2,5H2,3H3. The molecular formula is C6H11S. The molecule has 0 saturated carbocycles. The van der Waals surface area contributed by atoms with E-state index < -0.39 is 0 Å². The molecule has 0 bridgehead atoms. The summed E-state index contributed by atoms with van der Waals surface area (Å²) in [4.78, 5) is 0. The van der Waals surface area contributed by atoms with Crippen LogP contribution < -0.4 is 0 Å². The highest BCUT2D eigenvalue weighted by atomic mass is 32.2. The molecule has 0 heterocycles. The molecule has 0 spiro atoms. The molecule has 1 atom stereocenters. The Hall–Kier alpha value is 0.0900. The predicted molar refractivity (Wildman–Crippen MR) is 37.5 cm³/mol. The van der Waals surface area contributed by atoms with E-state index in [1.54, 1.807) is 11.8 Å². The van der Waals surface area contributed by atoms with Crippen molar-refractivity contribution in [2.24, 2.45) is 0 Å². The molecule has 0 aromatic heterocycles. The van der Waals surface area contributed by atoms with Crippen LogP contribution in [0, 0.1) is 6.92 Å².